The number of methoxy groups -OCH3 is 2. The van der Waals surface area contributed by atoms with Crippen LogP contribution in [0.25, 0.3) is 0 Å². The third-order valence-electron chi connectivity index (χ3n) is 4.55. The van der Waals surface area contributed by atoms with E-state index in [-0.39, 0.29) is 0 Å². The summed E-state index contributed by atoms with van der Waals surface area (Å²) < 4.78 is 11.1. The van der Waals surface area contributed by atoms with Crippen LogP contribution in [0.1, 0.15) is 35.4 Å². The number of nitrogens with zero attached hydrogens (tertiary/aromatic N) is 2. The summed E-state index contributed by atoms with van der Waals surface area (Å²) in [4.78, 5) is 1.88. The molecular weight excluding hydrogens is 252 g/mol. The molecule has 1 aliphatic heterocycles. The Hall–Kier alpha value is -1.89. The van der Waals surface area contributed by atoms with Crippen molar-refractivity contribution in [3.05, 3.63) is 22.8 Å². The van der Waals surface area contributed by atoms with Crippen molar-refractivity contribution in [1.29, 1.82) is 5.26 Å². The lowest BCUT2D eigenvalue weighted by Gasteiger charge is -2.29. The van der Waals surface area contributed by atoms with Crippen LogP contribution < -0.4 is 9.47 Å². The van der Waals surface area contributed by atoms with Crippen LogP contribution in [0.5, 0.6) is 11.5 Å². The first-order valence-electron chi connectivity index (χ1n) is 7.19. The van der Waals surface area contributed by atoms with Gasteiger partial charge in [-0.3, -0.25) is 0 Å². The van der Waals surface area contributed by atoms with Crippen LogP contribution in [0, 0.1) is 11.5 Å². The minimum Gasteiger partial charge on any atom is -0.496 e. The van der Waals surface area contributed by atoms with Gasteiger partial charge in [0.15, 0.2) is 6.19 Å². The fourth-order valence-electron chi connectivity index (χ4n) is 3.66. The summed E-state index contributed by atoms with van der Waals surface area (Å²) in [5.41, 5.74) is 4.01. The van der Waals surface area contributed by atoms with Gasteiger partial charge in [-0.25, -0.2) is 0 Å². The van der Waals surface area contributed by atoms with Gasteiger partial charge in [0, 0.05) is 25.1 Å². The first-order chi connectivity index (χ1) is 9.78. The van der Waals surface area contributed by atoms with Crippen molar-refractivity contribution in [2.75, 3.05) is 27.3 Å². The Morgan fingerprint density at radius 3 is 2.55 bits per heavy atom. The van der Waals surface area contributed by atoms with Crippen molar-refractivity contribution >= 4 is 0 Å². The maximum absolute atomic E-state index is 9.24. The van der Waals surface area contributed by atoms with Crippen LogP contribution in [0.4, 0.5) is 0 Å². The summed E-state index contributed by atoms with van der Waals surface area (Å²) in [5, 5.41) is 9.24. The van der Waals surface area contributed by atoms with Crippen molar-refractivity contribution in [2.45, 2.75) is 31.6 Å². The van der Waals surface area contributed by atoms with Gasteiger partial charge in [-0.15, -0.1) is 0 Å². The van der Waals surface area contributed by atoms with Gasteiger partial charge >= 0.3 is 0 Å². The molecule has 0 radical (unpaired) electrons. The van der Waals surface area contributed by atoms with Crippen LogP contribution in [0.2, 0.25) is 0 Å². The second-order valence-corrected chi connectivity index (χ2v) is 5.54. The van der Waals surface area contributed by atoms with Gasteiger partial charge in [0.1, 0.15) is 11.5 Å². The van der Waals surface area contributed by atoms with Gasteiger partial charge in [0.2, 0.25) is 0 Å². The highest BCUT2D eigenvalue weighted by molar-refractivity contribution is 5.56. The molecule has 0 fully saturated rings. The molecule has 106 valence electrons. The standard InChI is InChI=1S/C16H20N2O2/c1-19-14-8-15(20-2)13-6-7-18(10-17)9-11-4-3-5-12(14)16(11)13/h8,11H,3-7,9H2,1-2H3. The van der Waals surface area contributed by atoms with Crippen LogP contribution in [0.3, 0.4) is 0 Å². The van der Waals surface area contributed by atoms with Crippen LogP contribution in [-0.4, -0.2) is 32.2 Å². The monoisotopic (exact) mass is 272 g/mol. The SMILES string of the molecule is COc1cc(OC)c2c3c1CCCC3CN(C#N)CC2. The normalized spacial score (nSPS) is 20.6. The fourth-order valence-corrected chi connectivity index (χ4v) is 3.66. The average molecular weight is 272 g/mol. The molecule has 1 heterocycles. The smallest absolute Gasteiger partial charge is 0.179 e. The van der Waals surface area contributed by atoms with E-state index >= 15 is 0 Å². The van der Waals surface area contributed by atoms with Crippen LogP contribution in [0.15, 0.2) is 6.07 Å². The molecule has 4 heteroatoms. The molecule has 4 nitrogen and oxygen atoms in total. The average Bonchev–Trinajstić information content (AvgIpc) is 2.69. The fraction of sp³-hybridized carbons (Fsp3) is 0.562. The predicted molar refractivity (Wildman–Crippen MR) is 76.1 cm³/mol. The molecule has 0 aromatic heterocycles. The highest BCUT2D eigenvalue weighted by Gasteiger charge is 2.31. The van der Waals surface area contributed by atoms with Crippen molar-refractivity contribution in [3.63, 3.8) is 0 Å². The molecule has 20 heavy (non-hydrogen) atoms. The summed E-state index contributed by atoms with van der Waals surface area (Å²) in [6, 6.07) is 2.01. The zero-order valence-electron chi connectivity index (χ0n) is 12.1. The third-order valence-corrected chi connectivity index (χ3v) is 4.55. The number of nitriles is 1. The molecule has 1 aromatic carbocycles. The summed E-state index contributed by atoms with van der Waals surface area (Å²) in [7, 11) is 3.43. The van der Waals surface area contributed by atoms with Crippen molar-refractivity contribution in [2.24, 2.45) is 0 Å². The topological polar surface area (TPSA) is 45.5 Å². The van der Waals surface area contributed by atoms with Crippen molar-refractivity contribution in [1.82, 2.24) is 4.90 Å². The van der Waals surface area contributed by atoms with Crippen LogP contribution >= 0.6 is 0 Å². The highest BCUT2D eigenvalue weighted by atomic mass is 16.5. The minimum absolute atomic E-state index is 0.430. The van der Waals surface area contributed by atoms with Gasteiger partial charge in [-0.1, -0.05) is 0 Å². The molecule has 3 rings (SSSR count). The highest BCUT2D eigenvalue weighted by Crippen LogP contribution is 2.44. The van der Waals surface area contributed by atoms with E-state index in [1.54, 1.807) is 14.2 Å². The Morgan fingerprint density at radius 2 is 1.90 bits per heavy atom. The molecule has 1 aromatic rings. The summed E-state index contributed by atoms with van der Waals surface area (Å²) in [6.45, 7) is 1.61. The summed E-state index contributed by atoms with van der Waals surface area (Å²) >= 11 is 0. The van der Waals surface area contributed by atoms with E-state index in [1.807, 2.05) is 11.0 Å². The maximum Gasteiger partial charge on any atom is 0.179 e. The lowest BCUT2D eigenvalue weighted by molar-refractivity contribution is 0.356. The summed E-state index contributed by atoms with van der Waals surface area (Å²) in [5.74, 6) is 2.28. The van der Waals surface area contributed by atoms with Gasteiger partial charge in [0.05, 0.1) is 14.2 Å². The molecule has 0 spiro atoms. The number of rotatable bonds is 2. The molecule has 0 saturated heterocycles. The molecule has 2 aliphatic rings. The van der Waals surface area contributed by atoms with E-state index in [1.165, 1.54) is 23.1 Å². The van der Waals surface area contributed by atoms with E-state index in [2.05, 4.69) is 6.19 Å². The molecule has 0 bridgehead atoms. The van der Waals surface area contributed by atoms with E-state index in [0.717, 1.165) is 43.9 Å². The second-order valence-electron chi connectivity index (χ2n) is 5.54. The van der Waals surface area contributed by atoms with Crippen LogP contribution in [-0.2, 0) is 12.8 Å². The number of hydrogen-bond donors (Lipinski definition) is 0. The zero-order valence-corrected chi connectivity index (χ0v) is 12.1. The Morgan fingerprint density at radius 1 is 1.20 bits per heavy atom. The van der Waals surface area contributed by atoms with Gasteiger partial charge in [-0.2, -0.15) is 5.26 Å². The molecule has 1 unspecified atom stereocenters. The zero-order chi connectivity index (χ0) is 14.1. The molecular formula is C16H20N2O2. The number of hydrogen-bond acceptors (Lipinski definition) is 4. The van der Waals surface area contributed by atoms with E-state index in [0.29, 0.717) is 5.92 Å². The first kappa shape index (κ1) is 13.1. The predicted octanol–water partition coefficient (Wildman–Crippen LogP) is 2.46. The minimum atomic E-state index is 0.430. The quantitative estimate of drug-likeness (QED) is 0.776. The molecule has 0 saturated carbocycles. The Balaban J connectivity index is 2.17. The van der Waals surface area contributed by atoms with E-state index in [9.17, 15) is 5.26 Å². The van der Waals surface area contributed by atoms with E-state index < -0.39 is 0 Å². The maximum atomic E-state index is 9.24. The van der Waals surface area contributed by atoms with Gasteiger partial charge < -0.3 is 14.4 Å². The van der Waals surface area contributed by atoms with E-state index in [4.69, 9.17) is 9.47 Å². The largest absolute Gasteiger partial charge is 0.496 e. The van der Waals surface area contributed by atoms with Gasteiger partial charge in [0.25, 0.3) is 0 Å². The summed E-state index contributed by atoms with van der Waals surface area (Å²) in [6.07, 6.45) is 6.57. The first-order valence-corrected chi connectivity index (χ1v) is 7.19. The Labute approximate surface area is 119 Å². The number of benzene rings is 1. The number of ether oxygens (including phenoxy) is 2. The lowest BCUT2D eigenvalue weighted by atomic mass is 9.79. The van der Waals surface area contributed by atoms with Crippen molar-refractivity contribution in [3.8, 4) is 17.7 Å². The third kappa shape index (κ3) is 1.98. The molecule has 1 aliphatic carbocycles. The van der Waals surface area contributed by atoms with Gasteiger partial charge in [-0.05, 0) is 42.4 Å². The molecule has 1 atom stereocenters. The lowest BCUT2D eigenvalue weighted by Crippen LogP contribution is -2.25. The molecule has 0 N–H and O–H groups in total. The Bertz CT molecular complexity index is 563. The molecule has 0 amide bonds. The Kier molecular flexibility index (Phi) is 3.43. The second kappa shape index (κ2) is 5.24. The van der Waals surface area contributed by atoms with Crippen molar-refractivity contribution < 1.29 is 9.47 Å².